The number of amides is 1. The zero-order valence-electron chi connectivity index (χ0n) is 21.8. The number of benzene rings is 1. The second-order valence-corrected chi connectivity index (χ2v) is 10.0. The summed E-state index contributed by atoms with van der Waals surface area (Å²) in [6, 6.07) is 9.12. The van der Waals surface area contributed by atoms with Crippen LogP contribution in [0.15, 0.2) is 58.6 Å². The highest BCUT2D eigenvalue weighted by Crippen LogP contribution is 2.27. The van der Waals surface area contributed by atoms with Crippen molar-refractivity contribution in [2.75, 3.05) is 18.1 Å². The number of halogens is 1. The van der Waals surface area contributed by atoms with E-state index in [9.17, 15) is 18.8 Å². The fourth-order valence-corrected chi connectivity index (χ4v) is 5.15. The van der Waals surface area contributed by atoms with E-state index < -0.39 is 11.9 Å². The number of aldehydes is 1. The van der Waals surface area contributed by atoms with Crippen LogP contribution in [0.2, 0.25) is 0 Å². The van der Waals surface area contributed by atoms with Crippen molar-refractivity contribution in [3.63, 3.8) is 0 Å². The molecule has 0 aliphatic carbocycles. The maximum atomic E-state index is 13.1. The van der Waals surface area contributed by atoms with Crippen molar-refractivity contribution in [2.45, 2.75) is 32.4 Å². The van der Waals surface area contributed by atoms with E-state index in [4.69, 9.17) is 11.1 Å². The highest BCUT2D eigenvalue weighted by atomic mass is 32.1. The molecule has 0 radical (unpaired) electrons. The second kappa shape index (κ2) is 12.4. The number of carbonyl (C=O) groups is 2. The fourth-order valence-electron chi connectivity index (χ4n) is 4.12. The average molecular weight is 563 g/mol. The van der Waals surface area contributed by atoms with Crippen LogP contribution in [-0.2, 0) is 22.6 Å². The molecule has 4 heterocycles. The number of hydrogen-bond donors (Lipinski definition) is 4. The van der Waals surface area contributed by atoms with Gasteiger partial charge in [-0.15, -0.1) is 11.3 Å². The molecule has 4 aromatic rings. The van der Waals surface area contributed by atoms with Crippen molar-refractivity contribution in [2.24, 2.45) is 4.99 Å². The van der Waals surface area contributed by atoms with Crippen molar-refractivity contribution in [3.8, 4) is 0 Å². The number of nitrogens with two attached hydrogens (primary N) is 1. The van der Waals surface area contributed by atoms with Crippen LogP contribution in [0.1, 0.15) is 35.7 Å². The van der Waals surface area contributed by atoms with E-state index in [1.165, 1.54) is 35.9 Å². The molecule has 1 amide bonds. The number of hydrogen-bond acceptors (Lipinski definition) is 9. The molecule has 1 atom stereocenters. The molecule has 13 heteroatoms. The number of aliphatic imine (C=N–C) groups is 1. The summed E-state index contributed by atoms with van der Waals surface area (Å²) >= 11 is 1.57. The third-order valence-electron chi connectivity index (χ3n) is 6.09. The molecule has 40 heavy (non-hydrogen) atoms. The molecule has 1 aromatic carbocycles. The Balaban J connectivity index is 0.000000224. The maximum absolute atomic E-state index is 13.1. The van der Waals surface area contributed by atoms with Crippen molar-refractivity contribution in [3.05, 3.63) is 81.2 Å². The molecule has 1 unspecified atom stereocenters. The molecule has 0 spiro atoms. The van der Waals surface area contributed by atoms with Gasteiger partial charge in [0, 0.05) is 34.6 Å². The summed E-state index contributed by atoms with van der Waals surface area (Å²) in [7, 11) is 1.67. The number of amidine groups is 1. The SMILES string of the molecule is CC(C=O)=NC(=N)c1ccccc1F.CNc1cnc2n(c1=O)C(C(=O)NCc1cc3cnc(N)cc3s1)CC2. The Morgan fingerprint density at radius 3 is 2.80 bits per heavy atom. The lowest BCUT2D eigenvalue weighted by Gasteiger charge is -2.14. The predicted octanol–water partition coefficient (Wildman–Crippen LogP) is 3.09. The number of nitrogens with zero attached hydrogens (tertiary/aromatic N) is 4. The number of nitrogen functional groups attached to an aromatic ring is 1. The monoisotopic (exact) mass is 562 g/mol. The second-order valence-electron chi connectivity index (χ2n) is 8.84. The number of nitrogens with one attached hydrogen (secondary N) is 3. The van der Waals surface area contributed by atoms with Crippen LogP contribution in [0, 0.1) is 11.2 Å². The maximum Gasteiger partial charge on any atom is 0.277 e. The molecule has 0 fully saturated rings. The first kappa shape index (κ1) is 28.2. The van der Waals surface area contributed by atoms with Crippen LogP contribution in [0.25, 0.3) is 10.1 Å². The minimum Gasteiger partial charge on any atom is -0.384 e. The molecule has 206 valence electrons. The lowest BCUT2D eigenvalue weighted by Crippen LogP contribution is -2.36. The summed E-state index contributed by atoms with van der Waals surface area (Å²) in [6.45, 7) is 1.86. The van der Waals surface area contributed by atoms with Gasteiger partial charge in [-0.1, -0.05) is 12.1 Å². The summed E-state index contributed by atoms with van der Waals surface area (Å²) in [5.41, 5.74) is 6.13. The first-order chi connectivity index (χ1) is 19.2. The summed E-state index contributed by atoms with van der Waals surface area (Å²) < 4.78 is 15.6. The van der Waals surface area contributed by atoms with Gasteiger partial charge in [-0.25, -0.2) is 19.4 Å². The predicted molar refractivity (Wildman–Crippen MR) is 154 cm³/mol. The number of thiophene rings is 1. The summed E-state index contributed by atoms with van der Waals surface area (Å²) in [5, 5.41) is 14.2. The van der Waals surface area contributed by atoms with E-state index in [0.29, 0.717) is 43.0 Å². The van der Waals surface area contributed by atoms with Crippen LogP contribution in [0.5, 0.6) is 0 Å². The highest BCUT2D eigenvalue weighted by Gasteiger charge is 2.30. The third-order valence-corrected chi connectivity index (χ3v) is 7.19. The zero-order valence-corrected chi connectivity index (χ0v) is 22.6. The number of aromatic nitrogens is 3. The third kappa shape index (κ3) is 6.26. The number of rotatable bonds is 6. The molecule has 5 N–H and O–H groups in total. The standard InChI is InChI=1S/C17H18N6O2S.C10H9FN2O/c1-19-11-8-21-15-3-2-12(23(15)17(11)25)16(24)22-7-10-4-9-6-20-14(18)5-13(9)26-10;1-7(6-14)13-10(12)8-4-2-3-5-9(8)11/h4-6,8,12,19H,2-3,7H2,1H3,(H2,18,20)(H,22,24);2-6,12H,1H3. The van der Waals surface area contributed by atoms with Gasteiger partial charge in [0.2, 0.25) is 5.91 Å². The van der Waals surface area contributed by atoms with Crippen molar-refractivity contribution < 1.29 is 14.0 Å². The van der Waals surface area contributed by atoms with Gasteiger partial charge in [0.25, 0.3) is 5.56 Å². The molecule has 1 aliphatic rings. The van der Waals surface area contributed by atoms with Crippen LogP contribution in [-0.4, -0.2) is 45.3 Å². The van der Waals surface area contributed by atoms with Crippen LogP contribution in [0.3, 0.4) is 0 Å². The Morgan fingerprint density at radius 2 is 2.08 bits per heavy atom. The van der Waals surface area contributed by atoms with Crippen LogP contribution >= 0.6 is 11.3 Å². The van der Waals surface area contributed by atoms with E-state index in [0.717, 1.165) is 15.0 Å². The largest absolute Gasteiger partial charge is 0.384 e. The minimum absolute atomic E-state index is 0.0914. The zero-order chi connectivity index (χ0) is 28.8. The molecule has 0 saturated heterocycles. The van der Waals surface area contributed by atoms with Crippen molar-refractivity contribution in [1.82, 2.24) is 19.9 Å². The molecule has 1 aliphatic heterocycles. The molecule has 0 saturated carbocycles. The van der Waals surface area contributed by atoms with E-state index >= 15 is 0 Å². The highest BCUT2D eigenvalue weighted by molar-refractivity contribution is 7.19. The summed E-state index contributed by atoms with van der Waals surface area (Å²) in [4.78, 5) is 48.4. The van der Waals surface area contributed by atoms with E-state index in [2.05, 4.69) is 25.6 Å². The van der Waals surface area contributed by atoms with Crippen molar-refractivity contribution in [1.29, 1.82) is 5.41 Å². The van der Waals surface area contributed by atoms with Gasteiger partial charge in [-0.3, -0.25) is 24.4 Å². The average Bonchev–Trinajstić information content (AvgIpc) is 3.56. The normalized spacial score (nSPS) is 14.2. The van der Waals surface area contributed by atoms with Gasteiger partial charge in [-0.2, -0.15) is 0 Å². The Bertz CT molecular complexity index is 1680. The molecular weight excluding hydrogens is 535 g/mol. The first-order valence-corrected chi connectivity index (χ1v) is 13.1. The Morgan fingerprint density at radius 1 is 1.30 bits per heavy atom. The van der Waals surface area contributed by atoms with E-state index in [1.807, 2.05) is 12.1 Å². The Labute approximate surface area is 232 Å². The fraction of sp³-hybridized carbons (Fsp3) is 0.222. The topological polar surface area (TPSA) is 168 Å². The molecule has 0 bridgehead atoms. The van der Waals surface area contributed by atoms with Crippen LogP contribution in [0.4, 0.5) is 15.9 Å². The van der Waals surface area contributed by atoms with E-state index in [1.54, 1.807) is 30.6 Å². The van der Waals surface area contributed by atoms with Gasteiger partial charge >= 0.3 is 0 Å². The quantitative estimate of drug-likeness (QED) is 0.159. The van der Waals surface area contributed by atoms with Gasteiger partial charge < -0.3 is 16.4 Å². The van der Waals surface area contributed by atoms with Gasteiger partial charge in [0.05, 0.1) is 24.0 Å². The smallest absolute Gasteiger partial charge is 0.277 e. The lowest BCUT2D eigenvalue weighted by atomic mass is 10.2. The lowest BCUT2D eigenvalue weighted by molar-refractivity contribution is -0.124. The summed E-state index contributed by atoms with van der Waals surface area (Å²) in [5.74, 6) is 0.200. The van der Waals surface area contributed by atoms with E-state index in [-0.39, 0.29) is 28.6 Å². The number of pyridine rings is 1. The van der Waals surface area contributed by atoms with Crippen LogP contribution < -0.4 is 21.9 Å². The molecule has 3 aromatic heterocycles. The Hall–Kier alpha value is -4.78. The Kier molecular flexibility index (Phi) is 8.74. The molecule has 11 nitrogen and oxygen atoms in total. The molecular formula is C27H27FN8O3S. The minimum atomic E-state index is -0.523. The van der Waals surface area contributed by atoms with Gasteiger partial charge in [0.1, 0.15) is 29.2 Å². The number of carbonyl (C=O) groups excluding carboxylic acids is 2. The van der Waals surface area contributed by atoms with Gasteiger partial charge in [0.15, 0.2) is 12.1 Å². The number of fused-ring (bicyclic) bond motifs is 2. The van der Waals surface area contributed by atoms with Gasteiger partial charge in [-0.05, 0) is 37.6 Å². The number of aryl methyl sites for hydroxylation is 1. The summed E-state index contributed by atoms with van der Waals surface area (Å²) in [6.07, 6.45) is 4.96. The first-order valence-electron chi connectivity index (χ1n) is 12.3. The molecule has 5 rings (SSSR count). The number of anilines is 2. The van der Waals surface area contributed by atoms with Crippen molar-refractivity contribution >= 4 is 56.7 Å².